The van der Waals surface area contributed by atoms with Crippen LogP contribution in [0.1, 0.15) is 32.1 Å². The molecular formula is C11H21NO3S2. The molecule has 6 heteroatoms. The van der Waals surface area contributed by atoms with Crippen molar-refractivity contribution in [3.8, 4) is 0 Å². The maximum atomic E-state index is 11.3. The third kappa shape index (κ3) is 7.18. The first-order chi connectivity index (χ1) is 8.22. The second kappa shape index (κ2) is 9.08. The van der Waals surface area contributed by atoms with Crippen LogP contribution in [0, 0.1) is 0 Å². The van der Waals surface area contributed by atoms with E-state index in [-0.39, 0.29) is 19.1 Å². The van der Waals surface area contributed by atoms with E-state index in [1.54, 1.807) is 0 Å². The number of nitrogens with one attached hydrogen (secondary N) is 1. The normalized spacial score (nSPS) is 21.4. The number of aliphatic hydroxyl groups is 2. The van der Waals surface area contributed by atoms with Gasteiger partial charge in [-0.2, -0.15) is 0 Å². The second-order valence-corrected chi connectivity index (χ2v) is 7.00. The summed E-state index contributed by atoms with van der Waals surface area (Å²) < 4.78 is 0. The van der Waals surface area contributed by atoms with Gasteiger partial charge in [0.05, 0.1) is 12.7 Å². The molecule has 0 aromatic heterocycles. The summed E-state index contributed by atoms with van der Waals surface area (Å²) >= 11 is 0. The third-order valence-corrected chi connectivity index (χ3v) is 5.66. The Morgan fingerprint density at radius 1 is 1.47 bits per heavy atom. The Morgan fingerprint density at radius 2 is 2.29 bits per heavy atom. The van der Waals surface area contributed by atoms with Gasteiger partial charge in [0.1, 0.15) is 0 Å². The quantitative estimate of drug-likeness (QED) is 0.460. The van der Waals surface area contributed by atoms with Crippen molar-refractivity contribution in [2.45, 2.75) is 43.5 Å². The van der Waals surface area contributed by atoms with Crippen LogP contribution >= 0.6 is 21.6 Å². The summed E-state index contributed by atoms with van der Waals surface area (Å²) in [4.78, 5) is 11.3. The largest absolute Gasteiger partial charge is 0.394 e. The van der Waals surface area contributed by atoms with Crippen LogP contribution in [0.15, 0.2) is 0 Å². The summed E-state index contributed by atoms with van der Waals surface area (Å²) in [6.45, 7) is -0.165. The molecule has 3 N–H and O–H groups in total. The van der Waals surface area contributed by atoms with Gasteiger partial charge in [-0.15, -0.1) is 0 Å². The van der Waals surface area contributed by atoms with Crippen molar-refractivity contribution < 1.29 is 15.0 Å². The predicted octanol–water partition coefficient (Wildman–Crippen LogP) is 1.17. The predicted molar refractivity (Wildman–Crippen MR) is 73.0 cm³/mol. The number of aliphatic hydroxyl groups excluding tert-OH is 2. The summed E-state index contributed by atoms with van der Waals surface area (Å²) in [5.74, 6) is 1.22. The van der Waals surface area contributed by atoms with Crippen LogP contribution in [-0.2, 0) is 4.79 Å². The summed E-state index contributed by atoms with van der Waals surface area (Å²) in [6.07, 6.45) is 4.17. The fraction of sp³-hybridized carbons (Fsp3) is 0.909. The molecule has 0 saturated carbocycles. The molecule has 1 fully saturated rings. The van der Waals surface area contributed by atoms with Gasteiger partial charge in [-0.05, 0) is 19.3 Å². The molecule has 0 aromatic carbocycles. The Hall–Kier alpha value is 0.0900. The molecule has 0 bridgehead atoms. The van der Waals surface area contributed by atoms with E-state index in [0.29, 0.717) is 6.42 Å². The van der Waals surface area contributed by atoms with Gasteiger partial charge in [0, 0.05) is 24.0 Å². The Balaban J connectivity index is 1.92. The first kappa shape index (κ1) is 15.1. The topological polar surface area (TPSA) is 69.6 Å². The molecule has 0 radical (unpaired) electrons. The molecule has 0 spiro atoms. The SMILES string of the molecule is O=C(CCCC[C@@H]1CCSS1)NCC(O)CO. The fourth-order valence-electron chi connectivity index (χ4n) is 1.61. The van der Waals surface area contributed by atoms with E-state index in [0.717, 1.165) is 18.1 Å². The minimum absolute atomic E-state index is 0.0362. The average molecular weight is 279 g/mol. The van der Waals surface area contributed by atoms with Crippen LogP contribution in [0.25, 0.3) is 0 Å². The Kier molecular flexibility index (Phi) is 8.09. The number of hydrogen-bond donors (Lipinski definition) is 3. The maximum absolute atomic E-state index is 11.3. The van der Waals surface area contributed by atoms with Crippen molar-refractivity contribution in [1.82, 2.24) is 5.32 Å². The van der Waals surface area contributed by atoms with Gasteiger partial charge in [0.15, 0.2) is 0 Å². The number of amides is 1. The summed E-state index contributed by atoms with van der Waals surface area (Å²) in [6, 6.07) is 0. The first-order valence-electron chi connectivity index (χ1n) is 6.06. The average Bonchev–Trinajstić information content (AvgIpc) is 2.84. The smallest absolute Gasteiger partial charge is 0.220 e. The van der Waals surface area contributed by atoms with Crippen LogP contribution < -0.4 is 5.32 Å². The standard InChI is InChI=1S/C11H21NO3S2/c13-8-9(14)7-12-11(15)4-2-1-3-10-5-6-16-17-10/h9-10,13-14H,1-8H2,(H,12,15)/t9?,10-/m1/s1. The number of carbonyl (C=O) groups excluding carboxylic acids is 1. The Morgan fingerprint density at radius 3 is 2.94 bits per heavy atom. The molecule has 1 aliphatic heterocycles. The van der Waals surface area contributed by atoms with E-state index in [4.69, 9.17) is 10.2 Å². The lowest BCUT2D eigenvalue weighted by atomic mass is 10.1. The van der Waals surface area contributed by atoms with Crippen LogP contribution in [0.3, 0.4) is 0 Å². The second-order valence-electron chi connectivity index (χ2n) is 4.22. The molecule has 1 unspecified atom stereocenters. The van der Waals surface area contributed by atoms with E-state index in [2.05, 4.69) is 5.32 Å². The monoisotopic (exact) mass is 279 g/mol. The highest BCUT2D eigenvalue weighted by molar-refractivity contribution is 8.77. The lowest BCUT2D eigenvalue weighted by Gasteiger charge is -2.09. The van der Waals surface area contributed by atoms with Gasteiger partial charge in [0.25, 0.3) is 0 Å². The van der Waals surface area contributed by atoms with Gasteiger partial charge < -0.3 is 15.5 Å². The van der Waals surface area contributed by atoms with Gasteiger partial charge in [-0.25, -0.2) is 0 Å². The van der Waals surface area contributed by atoms with Gasteiger partial charge in [0.2, 0.25) is 5.91 Å². The van der Waals surface area contributed by atoms with Crippen molar-refractivity contribution in [1.29, 1.82) is 0 Å². The zero-order valence-corrected chi connectivity index (χ0v) is 11.6. The fourth-order valence-corrected chi connectivity index (χ4v) is 4.63. The van der Waals surface area contributed by atoms with Crippen LogP contribution in [0.2, 0.25) is 0 Å². The lowest BCUT2D eigenvalue weighted by molar-refractivity contribution is -0.121. The number of unbranched alkanes of at least 4 members (excludes halogenated alkanes) is 1. The van der Waals surface area contributed by atoms with E-state index in [1.165, 1.54) is 18.6 Å². The number of hydrogen-bond acceptors (Lipinski definition) is 5. The molecule has 1 heterocycles. The molecule has 100 valence electrons. The van der Waals surface area contributed by atoms with Crippen LogP contribution in [-0.4, -0.2) is 46.4 Å². The summed E-state index contributed by atoms with van der Waals surface area (Å²) in [7, 11) is 3.92. The molecule has 2 atom stereocenters. The van der Waals surface area contributed by atoms with Crippen LogP contribution in [0.4, 0.5) is 0 Å². The molecule has 1 saturated heterocycles. The maximum Gasteiger partial charge on any atom is 0.220 e. The first-order valence-corrected chi connectivity index (χ1v) is 8.44. The van der Waals surface area contributed by atoms with Crippen molar-refractivity contribution in [2.75, 3.05) is 18.9 Å². The van der Waals surface area contributed by atoms with Gasteiger partial charge in [-0.1, -0.05) is 28.0 Å². The third-order valence-electron chi connectivity index (χ3n) is 2.65. The molecule has 17 heavy (non-hydrogen) atoms. The Bertz CT molecular complexity index is 223. The highest BCUT2D eigenvalue weighted by atomic mass is 33.1. The minimum atomic E-state index is -0.842. The van der Waals surface area contributed by atoms with Gasteiger partial charge >= 0.3 is 0 Å². The van der Waals surface area contributed by atoms with Crippen LogP contribution in [0.5, 0.6) is 0 Å². The molecular weight excluding hydrogens is 258 g/mol. The van der Waals surface area contributed by atoms with E-state index in [9.17, 15) is 4.79 Å². The van der Waals surface area contributed by atoms with Crippen molar-refractivity contribution in [3.05, 3.63) is 0 Å². The lowest BCUT2D eigenvalue weighted by Crippen LogP contribution is -2.33. The zero-order valence-electron chi connectivity index (χ0n) is 9.93. The summed E-state index contributed by atoms with van der Waals surface area (Å²) in [5, 5.41) is 21.0. The number of rotatable bonds is 8. The number of carbonyl (C=O) groups is 1. The Labute approximate surface area is 110 Å². The minimum Gasteiger partial charge on any atom is -0.394 e. The highest BCUT2D eigenvalue weighted by Crippen LogP contribution is 2.39. The van der Waals surface area contributed by atoms with Crippen molar-refractivity contribution in [2.24, 2.45) is 0 Å². The van der Waals surface area contributed by atoms with Crippen molar-refractivity contribution >= 4 is 27.5 Å². The molecule has 4 nitrogen and oxygen atoms in total. The summed E-state index contributed by atoms with van der Waals surface area (Å²) in [5.41, 5.74) is 0. The highest BCUT2D eigenvalue weighted by Gasteiger charge is 2.15. The zero-order chi connectivity index (χ0) is 12.5. The van der Waals surface area contributed by atoms with E-state index < -0.39 is 6.10 Å². The molecule has 0 aromatic rings. The molecule has 1 rings (SSSR count). The van der Waals surface area contributed by atoms with E-state index >= 15 is 0 Å². The van der Waals surface area contributed by atoms with E-state index in [1.807, 2.05) is 21.6 Å². The molecule has 1 aliphatic rings. The molecule has 1 amide bonds. The van der Waals surface area contributed by atoms with Crippen molar-refractivity contribution in [3.63, 3.8) is 0 Å². The molecule has 0 aliphatic carbocycles. The van der Waals surface area contributed by atoms with Gasteiger partial charge in [-0.3, -0.25) is 4.79 Å².